The first-order chi connectivity index (χ1) is 15.9. The molecule has 8 heteroatoms. The zero-order valence-corrected chi connectivity index (χ0v) is 18.5. The van der Waals surface area contributed by atoms with Gasteiger partial charge >= 0.3 is 5.97 Å². The number of piperidine rings is 1. The van der Waals surface area contributed by atoms with Crippen LogP contribution in [0.15, 0.2) is 53.6 Å². The number of likely N-dealkylation sites (tertiary alicyclic amines) is 1. The van der Waals surface area contributed by atoms with Gasteiger partial charge in [0, 0.05) is 6.42 Å². The SMILES string of the molecule is CCOC(=O)C1CCN(CC(=O)N2N=C(c3ccc(F)cc3)C[C@H]2c2ccc(F)cc2)CC1. The summed E-state index contributed by atoms with van der Waals surface area (Å²) < 4.78 is 31.9. The Balaban J connectivity index is 1.48. The number of nitrogens with zero attached hydrogens (tertiary/aromatic N) is 3. The van der Waals surface area contributed by atoms with E-state index in [1.165, 1.54) is 29.3 Å². The van der Waals surface area contributed by atoms with Gasteiger partial charge in [-0.3, -0.25) is 14.5 Å². The van der Waals surface area contributed by atoms with Crippen molar-refractivity contribution in [2.75, 3.05) is 26.2 Å². The largest absolute Gasteiger partial charge is 0.466 e. The van der Waals surface area contributed by atoms with Gasteiger partial charge in [0.15, 0.2) is 0 Å². The fourth-order valence-electron chi connectivity index (χ4n) is 4.35. The van der Waals surface area contributed by atoms with Crippen molar-refractivity contribution in [2.45, 2.75) is 32.2 Å². The maximum absolute atomic E-state index is 13.5. The van der Waals surface area contributed by atoms with Crippen LogP contribution in [0, 0.1) is 17.6 Å². The Labute approximate surface area is 191 Å². The number of carbonyl (C=O) groups excluding carboxylic acids is 2. The number of hydrogen-bond donors (Lipinski definition) is 0. The number of halogens is 2. The summed E-state index contributed by atoms with van der Waals surface area (Å²) in [5.41, 5.74) is 2.21. The maximum Gasteiger partial charge on any atom is 0.309 e. The third-order valence-corrected chi connectivity index (χ3v) is 6.16. The molecule has 1 atom stereocenters. The molecule has 2 aromatic carbocycles. The molecule has 0 aromatic heterocycles. The van der Waals surface area contributed by atoms with Gasteiger partial charge in [-0.25, -0.2) is 13.8 Å². The molecular formula is C25H27F2N3O3. The number of hydrogen-bond acceptors (Lipinski definition) is 5. The first kappa shape index (κ1) is 23.0. The second-order valence-corrected chi connectivity index (χ2v) is 8.37. The Bertz CT molecular complexity index is 1020. The summed E-state index contributed by atoms with van der Waals surface area (Å²) in [5, 5.41) is 6.05. The molecule has 0 radical (unpaired) electrons. The Morgan fingerprint density at radius 2 is 1.61 bits per heavy atom. The molecule has 1 saturated heterocycles. The van der Waals surface area contributed by atoms with E-state index < -0.39 is 0 Å². The molecule has 0 saturated carbocycles. The summed E-state index contributed by atoms with van der Waals surface area (Å²) in [5.74, 6) is -1.16. The zero-order chi connectivity index (χ0) is 23.4. The molecule has 2 aliphatic heterocycles. The third-order valence-electron chi connectivity index (χ3n) is 6.16. The molecular weight excluding hydrogens is 428 g/mol. The number of benzene rings is 2. The van der Waals surface area contributed by atoms with Gasteiger partial charge in [0.2, 0.25) is 0 Å². The van der Waals surface area contributed by atoms with Crippen molar-refractivity contribution in [3.8, 4) is 0 Å². The van der Waals surface area contributed by atoms with Crippen LogP contribution in [0.4, 0.5) is 8.78 Å². The second kappa shape index (κ2) is 10.2. The van der Waals surface area contributed by atoms with Gasteiger partial charge in [0.1, 0.15) is 11.6 Å². The van der Waals surface area contributed by atoms with E-state index in [0.717, 1.165) is 11.1 Å². The van der Waals surface area contributed by atoms with E-state index in [1.54, 1.807) is 31.2 Å². The molecule has 33 heavy (non-hydrogen) atoms. The van der Waals surface area contributed by atoms with E-state index >= 15 is 0 Å². The predicted octanol–water partition coefficient (Wildman–Crippen LogP) is 3.92. The molecule has 1 amide bonds. The lowest BCUT2D eigenvalue weighted by Gasteiger charge is -2.31. The average molecular weight is 456 g/mol. The molecule has 174 valence electrons. The van der Waals surface area contributed by atoms with Gasteiger partial charge in [0.05, 0.1) is 30.8 Å². The Morgan fingerprint density at radius 3 is 2.21 bits per heavy atom. The van der Waals surface area contributed by atoms with Gasteiger partial charge in [-0.2, -0.15) is 5.10 Å². The van der Waals surface area contributed by atoms with Crippen LogP contribution in [0.1, 0.15) is 43.4 Å². The number of esters is 1. The Morgan fingerprint density at radius 1 is 1.00 bits per heavy atom. The monoisotopic (exact) mass is 455 g/mol. The summed E-state index contributed by atoms with van der Waals surface area (Å²) in [7, 11) is 0. The minimum atomic E-state index is -0.366. The molecule has 0 aliphatic carbocycles. The van der Waals surface area contributed by atoms with Crippen molar-refractivity contribution >= 4 is 17.6 Å². The molecule has 2 aromatic rings. The van der Waals surface area contributed by atoms with Gasteiger partial charge in [0.25, 0.3) is 5.91 Å². The highest BCUT2D eigenvalue weighted by molar-refractivity contribution is 6.03. The molecule has 6 nitrogen and oxygen atoms in total. The minimum Gasteiger partial charge on any atom is -0.466 e. The van der Waals surface area contributed by atoms with E-state index in [9.17, 15) is 18.4 Å². The molecule has 0 spiro atoms. The summed E-state index contributed by atoms with van der Waals surface area (Å²) >= 11 is 0. The first-order valence-corrected chi connectivity index (χ1v) is 11.2. The predicted molar refractivity (Wildman–Crippen MR) is 119 cm³/mol. The van der Waals surface area contributed by atoms with Crippen molar-refractivity contribution in [1.82, 2.24) is 9.91 Å². The van der Waals surface area contributed by atoms with Crippen molar-refractivity contribution in [1.29, 1.82) is 0 Å². The van der Waals surface area contributed by atoms with Crippen LogP contribution < -0.4 is 0 Å². The Hall–Kier alpha value is -3.13. The Kier molecular flexibility index (Phi) is 7.13. The van der Waals surface area contributed by atoms with Crippen LogP contribution in [-0.4, -0.2) is 53.7 Å². The number of carbonyl (C=O) groups is 2. The van der Waals surface area contributed by atoms with E-state index in [0.29, 0.717) is 44.7 Å². The normalized spacial score (nSPS) is 19.4. The summed E-state index contributed by atoms with van der Waals surface area (Å²) in [4.78, 5) is 27.3. The van der Waals surface area contributed by atoms with Gasteiger partial charge < -0.3 is 4.74 Å². The smallest absolute Gasteiger partial charge is 0.309 e. The lowest BCUT2D eigenvalue weighted by Crippen LogP contribution is -2.43. The molecule has 4 rings (SSSR count). The minimum absolute atomic E-state index is 0.127. The van der Waals surface area contributed by atoms with Crippen LogP contribution in [0.25, 0.3) is 0 Å². The molecule has 2 aliphatic rings. The lowest BCUT2D eigenvalue weighted by atomic mass is 9.97. The average Bonchev–Trinajstić information content (AvgIpc) is 3.26. The number of hydrazone groups is 1. The van der Waals surface area contributed by atoms with E-state index in [1.807, 2.05) is 4.90 Å². The van der Waals surface area contributed by atoms with E-state index in [2.05, 4.69) is 5.10 Å². The highest BCUT2D eigenvalue weighted by Gasteiger charge is 2.35. The van der Waals surface area contributed by atoms with Crippen molar-refractivity contribution in [2.24, 2.45) is 11.0 Å². The fourth-order valence-corrected chi connectivity index (χ4v) is 4.35. The lowest BCUT2D eigenvalue weighted by molar-refractivity contribution is -0.149. The highest BCUT2D eigenvalue weighted by Crippen LogP contribution is 2.33. The van der Waals surface area contributed by atoms with E-state index in [-0.39, 0.29) is 42.0 Å². The highest BCUT2D eigenvalue weighted by atomic mass is 19.1. The zero-order valence-electron chi connectivity index (χ0n) is 18.5. The molecule has 0 N–H and O–H groups in total. The first-order valence-electron chi connectivity index (χ1n) is 11.2. The van der Waals surface area contributed by atoms with Crippen LogP contribution in [0.2, 0.25) is 0 Å². The molecule has 0 bridgehead atoms. The maximum atomic E-state index is 13.5. The van der Waals surface area contributed by atoms with Gasteiger partial charge in [-0.1, -0.05) is 24.3 Å². The summed E-state index contributed by atoms with van der Waals surface area (Å²) in [6, 6.07) is 11.7. The standard InChI is InChI=1S/C25H27F2N3O3/c1-2-33-25(32)19-11-13-29(14-12-19)16-24(31)30-23(18-5-9-21(27)10-6-18)15-22(28-30)17-3-7-20(26)8-4-17/h3-10,19,23H,2,11-16H2,1H3/t23-/m0/s1. The number of rotatable bonds is 6. The second-order valence-electron chi connectivity index (χ2n) is 8.37. The quantitative estimate of drug-likeness (QED) is 0.620. The third kappa shape index (κ3) is 5.45. The van der Waals surface area contributed by atoms with E-state index in [4.69, 9.17) is 4.74 Å². The van der Waals surface area contributed by atoms with Crippen LogP contribution in [-0.2, 0) is 14.3 Å². The van der Waals surface area contributed by atoms with Gasteiger partial charge in [-0.15, -0.1) is 0 Å². The van der Waals surface area contributed by atoms with Crippen molar-refractivity contribution in [3.63, 3.8) is 0 Å². The topological polar surface area (TPSA) is 62.2 Å². The number of ether oxygens (including phenoxy) is 1. The van der Waals surface area contributed by atoms with Crippen molar-refractivity contribution in [3.05, 3.63) is 71.3 Å². The molecule has 1 fully saturated rings. The van der Waals surface area contributed by atoms with Crippen molar-refractivity contribution < 1.29 is 23.1 Å². The van der Waals surface area contributed by atoms with Crippen LogP contribution in [0.3, 0.4) is 0 Å². The van der Waals surface area contributed by atoms with Crippen LogP contribution in [0.5, 0.6) is 0 Å². The van der Waals surface area contributed by atoms with Crippen LogP contribution >= 0.6 is 0 Å². The fraction of sp³-hybridized carbons (Fsp3) is 0.400. The number of amides is 1. The van der Waals surface area contributed by atoms with Gasteiger partial charge in [-0.05, 0) is 68.2 Å². The summed E-state index contributed by atoms with van der Waals surface area (Å²) in [6.07, 6.45) is 1.75. The molecule has 0 unspecified atom stereocenters. The summed E-state index contributed by atoms with van der Waals surface area (Å²) in [6.45, 7) is 3.58. The molecule has 2 heterocycles.